The van der Waals surface area contributed by atoms with E-state index in [4.69, 9.17) is 27.9 Å². The second kappa shape index (κ2) is 18.4. The minimum atomic E-state index is -0.817. The third-order valence-corrected chi connectivity index (χ3v) is 11.6. The zero-order chi connectivity index (χ0) is 39.1. The molecule has 1 heterocycles. The lowest BCUT2D eigenvalue weighted by molar-refractivity contribution is -0.144. The number of ether oxygens (including phenoxy) is 1. The summed E-state index contributed by atoms with van der Waals surface area (Å²) in [7, 11) is 0. The number of carbonyl (C=O) groups excluding carboxylic acids is 4. The molecule has 0 aromatic heterocycles. The van der Waals surface area contributed by atoms with E-state index < -0.39 is 18.2 Å². The first-order chi connectivity index (χ1) is 26.5. The molecule has 1 saturated heterocycles. The third kappa shape index (κ3) is 9.86. The van der Waals surface area contributed by atoms with Crippen LogP contribution in [0.3, 0.4) is 0 Å². The highest BCUT2D eigenvalue weighted by molar-refractivity contribution is 6.42. The van der Waals surface area contributed by atoms with Gasteiger partial charge in [0.1, 0.15) is 18.4 Å². The van der Waals surface area contributed by atoms with Gasteiger partial charge in [-0.05, 0) is 83.0 Å². The molecule has 0 unspecified atom stereocenters. The number of hydrogen-bond donors (Lipinski definition) is 0. The molecule has 55 heavy (non-hydrogen) atoms. The first-order valence-electron chi connectivity index (χ1n) is 19.4. The van der Waals surface area contributed by atoms with Crippen molar-refractivity contribution in [2.24, 2.45) is 11.8 Å². The van der Waals surface area contributed by atoms with E-state index in [0.717, 1.165) is 33.4 Å². The summed E-state index contributed by atoms with van der Waals surface area (Å²) in [5.41, 5.74) is 6.42. The normalized spacial score (nSPS) is 16.8. The number of amides is 2. The van der Waals surface area contributed by atoms with E-state index in [1.807, 2.05) is 81.4 Å². The van der Waals surface area contributed by atoms with Crippen LogP contribution in [0, 0.1) is 11.8 Å². The maximum Gasteiger partial charge on any atom is 0.410 e. The van der Waals surface area contributed by atoms with Crippen LogP contribution in [-0.4, -0.2) is 65.1 Å². The Morgan fingerprint density at radius 1 is 0.782 bits per heavy atom. The molecule has 1 aliphatic carbocycles. The van der Waals surface area contributed by atoms with Crippen molar-refractivity contribution in [3.8, 4) is 11.1 Å². The van der Waals surface area contributed by atoms with Crippen LogP contribution in [0.25, 0.3) is 11.1 Å². The molecule has 1 fully saturated rings. The van der Waals surface area contributed by atoms with Gasteiger partial charge < -0.3 is 9.64 Å². The Bertz CT molecular complexity index is 1950. The average molecular weight is 782 g/mol. The molecule has 288 valence electrons. The molecule has 4 aromatic rings. The average Bonchev–Trinajstić information content (AvgIpc) is 3.74. The number of aryl methyl sites for hydroxylation is 2. The number of ketones is 2. The molecule has 4 aromatic carbocycles. The van der Waals surface area contributed by atoms with Gasteiger partial charge in [-0.15, -0.1) is 0 Å². The zero-order valence-corrected chi connectivity index (χ0v) is 33.4. The molecule has 0 N–H and O–H groups in total. The highest BCUT2D eigenvalue weighted by Crippen LogP contribution is 2.44. The van der Waals surface area contributed by atoms with Gasteiger partial charge in [-0.3, -0.25) is 19.3 Å². The van der Waals surface area contributed by atoms with Crippen molar-refractivity contribution in [2.45, 2.75) is 83.7 Å². The fourth-order valence-electron chi connectivity index (χ4n) is 8.08. The number of halogens is 2. The van der Waals surface area contributed by atoms with Gasteiger partial charge in [-0.2, -0.15) is 0 Å². The molecule has 0 spiro atoms. The summed E-state index contributed by atoms with van der Waals surface area (Å²) in [5.74, 6) is -0.388. The number of carbonyl (C=O) groups is 4. The molecular weight excluding hydrogens is 731 g/mol. The predicted octanol–water partition coefficient (Wildman–Crippen LogP) is 9.99. The van der Waals surface area contributed by atoms with Crippen molar-refractivity contribution in [3.05, 3.63) is 129 Å². The molecular formula is C46H50Cl2N2O5. The van der Waals surface area contributed by atoms with Crippen LogP contribution in [-0.2, 0) is 32.0 Å². The summed E-state index contributed by atoms with van der Waals surface area (Å²) < 4.78 is 6.06. The highest BCUT2D eigenvalue weighted by Gasteiger charge is 2.43. The van der Waals surface area contributed by atoms with Crippen LogP contribution in [0.4, 0.5) is 4.79 Å². The Labute approximate surface area is 335 Å². The summed E-state index contributed by atoms with van der Waals surface area (Å²) in [6, 6.07) is 29.9. The molecule has 9 heteroatoms. The van der Waals surface area contributed by atoms with Crippen LogP contribution in [0.15, 0.2) is 97.1 Å². The van der Waals surface area contributed by atoms with Crippen LogP contribution in [0.1, 0.15) is 81.0 Å². The van der Waals surface area contributed by atoms with Gasteiger partial charge in [-0.25, -0.2) is 4.79 Å². The predicted molar refractivity (Wildman–Crippen MR) is 218 cm³/mol. The standard InChI is InChI=1S/C46H50Cl2N2O5/c1-30(2)25-42(44(52)22-19-33-18-21-40(47)41(48)27-33)49(24-23-34(51)20-17-32-11-5-4-6-12-32)45(53)43-26-31(3)28-50(43)46(54)55-29-39-37-15-9-7-13-35(37)36-14-8-10-16-38(36)39/h4-16,18,21,27,30-31,39,42-43H,17,19-20,22-26,28-29H2,1-3H3/t31-,42-,43+/m1/s1. The highest BCUT2D eigenvalue weighted by atomic mass is 35.5. The smallest absolute Gasteiger partial charge is 0.410 e. The Hall–Kier alpha value is -4.46. The third-order valence-electron chi connectivity index (χ3n) is 10.9. The lowest BCUT2D eigenvalue weighted by Gasteiger charge is -2.36. The molecule has 6 rings (SSSR count). The van der Waals surface area contributed by atoms with Gasteiger partial charge in [0.15, 0.2) is 5.78 Å². The number of rotatable bonds is 16. The van der Waals surface area contributed by atoms with Gasteiger partial charge in [0.05, 0.1) is 16.1 Å². The summed E-state index contributed by atoms with van der Waals surface area (Å²) in [5, 5.41) is 0.856. The van der Waals surface area contributed by atoms with Crippen LogP contribution in [0.5, 0.6) is 0 Å². The molecule has 0 saturated carbocycles. The van der Waals surface area contributed by atoms with E-state index >= 15 is 0 Å². The fraction of sp³-hybridized carbons (Fsp3) is 0.391. The van der Waals surface area contributed by atoms with Gasteiger partial charge in [0.25, 0.3) is 0 Å². The topological polar surface area (TPSA) is 84.0 Å². The van der Waals surface area contributed by atoms with Gasteiger partial charge >= 0.3 is 6.09 Å². The quantitative estimate of drug-likeness (QED) is 0.113. The van der Waals surface area contributed by atoms with E-state index in [2.05, 4.69) is 24.3 Å². The van der Waals surface area contributed by atoms with Crippen molar-refractivity contribution < 1.29 is 23.9 Å². The second-order valence-electron chi connectivity index (χ2n) is 15.5. The Kier molecular flexibility index (Phi) is 13.5. The van der Waals surface area contributed by atoms with Gasteiger partial charge in [0, 0.05) is 38.3 Å². The number of Topliss-reactive ketones (excluding diaryl/α,β-unsaturated/α-hetero) is 2. The van der Waals surface area contributed by atoms with Crippen molar-refractivity contribution >= 4 is 46.8 Å². The Morgan fingerprint density at radius 3 is 2.07 bits per heavy atom. The SMILES string of the molecule is CC(C)C[C@H](C(=O)CCc1ccc(Cl)c(Cl)c1)N(CCC(=O)CCc1ccccc1)C(=O)[C@@H]1C[C@@H](C)CN1C(=O)OCC1c2ccccc2-c2ccccc21. The summed E-state index contributed by atoms with van der Waals surface area (Å²) >= 11 is 12.4. The van der Waals surface area contributed by atoms with E-state index in [1.165, 1.54) is 4.90 Å². The maximum atomic E-state index is 14.9. The Morgan fingerprint density at radius 2 is 1.42 bits per heavy atom. The van der Waals surface area contributed by atoms with E-state index in [-0.39, 0.29) is 61.2 Å². The van der Waals surface area contributed by atoms with Crippen molar-refractivity contribution in [3.63, 3.8) is 0 Å². The molecule has 2 aliphatic rings. The monoisotopic (exact) mass is 780 g/mol. The molecule has 7 nitrogen and oxygen atoms in total. The lowest BCUT2D eigenvalue weighted by atomic mass is 9.93. The molecule has 0 radical (unpaired) electrons. The van der Waals surface area contributed by atoms with E-state index in [9.17, 15) is 19.2 Å². The van der Waals surface area contributed by atoms with Gasteiger partial charge in [0.2, 0.25) is 5.91 Å². The minimum absolute atomic E-state index is 0.0152. The second-order valence-corrected chi connectivity index (χ2v) is 16.3. The summed E-state index contributed by atoms with van der Waals surface area (Å²) in [6.07, 6.45) is 1.97. The van der Waals surface area contributed by atoms with Crippen molar-refractivity contribution in [1.29, 1.82) is 0 Å². The number of nitrogens with zero attached hydrogens (tertiary/aromatic N) is 2. The summed E-state index contributed by atoms with van der Waals surface area (Å²) in [6.45, 7) is 6.65. The molecule has 1 aliphatic heterocycles. The maximum absolute atomic E-state index is 14.9. The first-order valence-corrected chi connectivity index (χ1v) is 20.2. The summed E-state index contributed by atoms with van der Waals surface area (Å²) in [4.78, 5) is 59.5. The first kappa shape index (κ1) is 40.2. The zero-order valence-electron chi connectivity index (χ0n) is 31.9. The molecule has 0 bridgehead atoms. The Balaban J connectivity index is 1.21. The van der Waals surface area contributed by atoms with E-state index in [1.54, 1.807) is 17.0 Å². The number of likely N-dealkylation sites (tertiary alicyclic amines) is 1. The largest absolute Gasteiger partial charge is 0.448 e. The van der Waals surface area contributed by atoms with Crippen LogP contribution >= 0.6 is 23.2 Å². The van der Waals surface area contributed by atoms with E-state index in [0.29, 0.717) is 48.7 Å². The lowest BCUT2D eigenvalue weighted by Crippen LogP contribution is -2.54. The van der Waals surface area contributed by atoms with Crippen LogP contribution < -0.4 is 0 Å². The minimum Gasteiger partial charge on any atom is -0.448 e. The molecule has 2 amide bonds. The number of hydrogen-bond acceptors (Lipinski definition) is 5. The number of benzene rings is 4. The van der Waals surface area contributed by atoms with Crippen molar-refractivity contribution in [2.75, 3.05) is 19.7 Å². The molecule has 3 atom stereocenters. The number of fused-ring (bicyclic) bond motifs is 3. The fourth-order valence-corrected chi connectivity index (χ4v) is 8.40. The van der Waals surface area contributed by atoms with Gasteiger partial charge in [-0.1, -0.05) is 129 Å². The van der Waals surface area contributed by atoms with Crippen molar-refractivity contribution in [1.82, 2.24) is 9.80 Å². The van der Waals surface area contributed by atoms with Crippen LogP contribution in [0.2, 0.25) is 10.0 Å².